The highest BCUT2D eigenvalue weighted by molar-refractivity contribution is 6.30. The molecule has 0 saturated carbocycles. The molecule has 0 heterocycles. The molecule has 0 aliphatic heterocycles. The van der Waals surface area contributed by atoms with E-state index in [0.29, 0.717) is 18.2 Å². The molecule has 0 radical (unpaired) electrons. The maximum atomic E-state index is 11.4. The number of carbonyl (C=O) groups is 2. The molecule has 5 heteroatoms. The van der Waals surface area contributed by atoms with Crippen LogP contribution in [0.2, 0.25) is 5.02 Å². The third-order valence-electron chi connectivity index (χ3n) is 2.26. The monoisotopic (exact) mass is 269 g/mol. The molecule has 0 spiro atoms. The summed E-state index contributed by atoms with van der Waals surface area (Å²) in [5.41, 5.74) is 0.962. The highest BCUT2D eigenvalue weighted by atomic mass is 35.5. The molecule has 0 aliphatic carbocycles. The van der Waals surface area contributed by atoms with E-state index in [-0.39, 0.29) is 24.7 Å². The number of esters is 1. The fraction of sp³-hybridized carbons (Fsp3) is 0.385. The maximum absolute atomic E-state index is 11.4. The van der Waals surface area contributed by atoms with Gasteiger partial charge >= 0.3 is 5.97 Å². The first-order valence-corrected chi connectivity index (χ1v) is 6.16. The number of ether oxygens (including phenoxy) is 1. The van der Waals surface area contributed by atoms with Gasteiger partial charge in [0.15, 0.2) is 0 Å². The Kier molecular flexibility index (Phi) is 6.22. The van der Waals surface area contributed by atoms with Gasteiger partial charge in [-0.25, -0.2) is 0 Å². The average Bonchev–Trinajstić information content (AvgIpc) is 2.36. The van der Waals surface area contributed by atoms with Gasteiger partial charge in [-0.3, -0.25) is 9.59 Å². The number of carbonyl (C=O) groups excluding carboxylic acids is 2. The molecule has 1 amide bonds. The van der Waals surface area contributed by atoms with Gasteiger partial charge in [-0.15, -0.1) is 0 Å². The topological polar surface area (TPSA) is 55.4 Å². The number of benzene rings is 1. The highest BCUT2D eigenvalue weighted by Crippen LogP contribution is 2.09. The summed E-state index contributed by atoms with van der Waals surface area (Å²) in [7, 11) is 0. The van der Waals surface area contributed by atoms with E-state index in [9.17, 15) is 9.59 Å². The van der Waals surface area contributed by atoms with Gasteiger partial charge in [0.2, 0.25) is 5.91 Å². The van der Waals surface area contributed by atoms with E-state index in [1.807, 2.05) is 12.1 Å². The lowest BCUT2D eigenvalue weighted by atomic mass is 10.2. The highest BCUT2D eigenvalue weighted by Gasteiger charge is 2.06. The summed E-state index contributed by atoms with van der Waals surface area (Å²) >= 11 is 5.75. The van der Waals surface area contributed by atoms with Crippen molar-refractivity contribution in [2.24, 2.45) is 0 Å². The first-order valence-electron chi connectivity index (χ1n) is 5.78. The summed E-state index contributed by atoms with van der Waals surface area (Å²) in [5, 5.41) is 3.39. The Labute approximate surface area is 111 Å². The molecule has 0 aromatic heterocycles. The molecule has 0 saturated heterocycles. The Bertz CT molecular complexity index is 403. The van der Waals surface area contributed by atoms with Crippen molar-refractivity contribution in [3.8, 4) is 0 Å². The van der Waals surface area contributed by atoms with Gasteiger partial charge in [0.05, 0.1) is 13.0 Å². The zero-order chi connectivity index (χ0) is 13.4. The van der Waals surface area contributed by atoms with E-state index < -0.39 is 0 Å². The molecule has 0 atom stereocenters. The maximum Gasteiger partial charge on any atom is 0.306 e. The number of rotatable bonds is 6. The molecule has 0 aliphatic rings. The Morgan fingerprint density at radius 1 is 1.22 bits per heavy atom. The molecule has 1 aromatic rings. The zero-order valence-electron chi connectivity index (χ0n) is 10.2. The Hall–Kier alpha value is -1.55. The van der Waals surface area contributed by atoms with Gasteiger partial charge in [-0.05, 0) is 24.6 Å². The summed E-state index contributed by atoms with van der Waals surface area (Å²) in [4.78, 5) is 22.5. The van der Waals surface area contributed by atoms with E-state index in [1.54, 1.807) is 19.1 Å². The summed E-state index contributed by atoms with van der Waals surface area (Å²) in [5.74, 6) is -0.517. The third kappa shape index (κ3) is 5.68. The second-order valence-corrected chi connectivity index (χ2v) is 4.14. The second-order valence-electron chi connectivity index (χ2n) is 3.71. The van der Waals surface area contributed by atoms with Crippen molar-refractivity contribution in [1.82, 2.24) is 5.32 Å². The van der Waals surface area contributed by atoms with E-state index in [0.717, 1.165) is 5.56 Å². The number of amides is 1. The molecule has 1 N–H and O–H groups in total. The standard InChI is InChI=1S/C13H16ClNO3/c1-2-18-13(17)8-7-12(16)15-9-10-3-5-11(14)6-4-10/h3-6H,2,7-9H2,1H3,(H,15,16). The minimum Gasteiger partial charge on any atom is -0.466 e. The van der Waals surface area contributed by atoms with Crippen molar-refractivity contribution in [2.75, 3.05) is 6.61 Å². The minimum atomic E-state index is -0.348. The van der Waals surface area contributed by atoms with Gasteiger partial charge in [0, 0.05) is 18.0 Å². The molecule has 98 valence electrons. The minimum absolute atomic E-state index is 0.111. The van der Waals surface area contributed by atoms with Crippen LogP contribution in [0.1, 0.15) is 25.3 Å². The van der Waals surface area contributed by atoms with Crippen molar-refractivity contribution in [3.63, 3.8) is 0 Å². The quantitative estimate of drug-likeness (QED) is 0.806. The van der Waals surface area contributed by atoms with Crippen LogP contribution in [0, 0.1) is 0 Å². The lowest BCUT2D eigenvalue weighted by Crippen LogP contribution is -2.23. The van der Waals surface area contributed by atoms with Crippen molar-refractivity contribution in [1.29, 1.82) is 0 Å². The molecule has 0 bridgehead atoms. The zero-order valence-corrected chi connectivity index (χ0v) is 11.0. The van der Waals surface area contributed by atoms with Crippen LogP contribution in [-0.4, -0.2) is 18.5 Å². The molecular formula is C13H16ClNO3. The van der Waals surface area contributed by atoms with Crippen molar-refractivity contribution in [2.45, 2.75) is 26.3 Å². The van der Waals surface area contributed by atoms with Gasteiger partial charge in [0.25, 0.3) is 0 Å². The van der Waals surface area contributed by atoms with Crippen LogP contribution in [0.3, 0.4) is 0 Å². The van der Waals surface area contributed by atoms with E-state index in [4.69, 9.17) is 16.3 Å². The molecule has 0 unspecified atom stereocenters. The normalized spacial score (nSPS) is 9.89. The molecule has 0 fully saturated rings. The van der Waals surface area contributed by atoms with Gasteiger partial charge < -0.3 is 10.1 Å². The number of halogens is 1. The molecule has 1 rings (SSSR count). The predicted octanol–water partition coefficient (Wildman–Crippen LogP) is 2.30. The van der Waals surface area contributed by atoms with Crippen LogP contribution in [0.5, 0.6) is 0 Å². The van der Waals surface area contributed by atoms with Crippen LogP contribution in [0.15, 0.2) is 24.3 Å². The van der Waals surface area contributed by atoms with E-state index in [1.165, 1.54) is 0 Å². The fourth-order valence-electron chi connectivity index (χ4n) is 1.34. The average molecular weight is 270 g/mol. The van der Waals surface area contributed by atoms with E-state index in [2.05, 4.69) is 5.32 Å². The Morgan fingerprint density at radius 2 is 1.89 bits per heavy atom. The first-order chi connectivity index (χ1) is 8.61. The van der Waals surface area contributed by atoms with Crippen molar-refractivity contribution >= 4 is 23.5 Å². The number of hydrogen-bond donors (Lipinski definition) is 1. The number of hydrogen-bond acceptors (Lipinski definition) is 3. The van der Waals surface area contributed by atoms with Crippen LogP contribution in [-0.2, 0) is 20.9 Å². The Balaban J connectivity index is 2.24. The number of nitrogens with one attached hydrogen (secondary N) is 1. The largest absolute Gasteiger partial charge is 0.466 e. The van der Waals surface area contributed by atoms with Gasteiger partial charge in [-0.1, -0.05) is 23.7 Å². The molecule has 4 nitrogen and oxygen atoms in total. The second kappa shape index (κ2) is 7.71. The summed E-state index contributed by atoms with van der Waals surface area (Å²) < 4.78 is 4.73. The lowest BCUT2D eigenvalue weighted by Gasteiger charge is -2.05. The molecular weight excluding hydrogens is 254 g/mol. The van der Waals surface area contributed by atoms with Gasteiger partial charge in [0.1, 0.15) is 0 Å². The van der Waals surface area contributed by atoms with Crippen molar-refractivity contribution < 1.29 is 14.3 Å². The molecule has 18 heavy (non-hydrogen) atoms. The van der Waals surface area contributed by atoms with Crippen LogP contribution < -0.4 is 5.32 Å². The smallest absolute Gasteiger partial charge is 0.306 e. The summed E-state index contributed by atoms with van der Waals surface area (Å²) in [6.07, 6.45) is 0.257. The summed E-state index contributed by atoms with van der Waals surface area (Å²) in [6.45, 7) is 2.50. The first kappa shape index (κ1) is 14.5. The van der Waals surface area contributed by atoms with Crippen LogP contribution in [0.4, 0.5) is 0 Å². The Morgan fingerprint density at radius 3 is 2.50 bits per heavy atom. The summed E-state index contributed by atoms with van der Waals surface area (Å²) in [6, 6.07) is 7.21. The lowest BCUT2D eigenvalue weighted by molar-refractivity contribution is -0.144. The van der Waals surface area contributed by atoms with E-state index >= 15 is 0 Å². The van der Waals surface area contributed by atoms with Crippen LogP contribution >= 0.6 is 11.6 Å². The molecule has 1 aromatic carbocycles. The van der Waals surface area contributed by atoms with Gasteiger partial charge in [-0.2, -0.15) is 0 Å². The predicted molar refractivity (Wildman–Crippen MR) is 69.2 cm³/mol. The van der Waals surface area contributed by atoms with Crippen molar-refractivity contribution in [3.05, 3.63) is 34.9 Å². The fourth-order valence-corrected chi connectivity index (χ4v) is 1.47. The van der Waals surface area contributed by atoms with Crippen LogP contribution in [0.25, 0.3) is 0 Å². The third-order valence-corrected chi connectivity index (χ3v) is 2.52. The SMILES string of the molecule is CCOC(=O)CCC(=O)NCc1ccc(Cl)cc1.